The van der Waals surface area contributed by atoms with Gasteiger partial charge >= 0.3 is 0 Å². The normalized spacial score (nSPS) is 24.2. The van der Waals surface area contributed by atoms with Crippen molar-refractivity contribution in [2.45, 2.75) is 32.4 Å². The maximum absolute atomic E-state index is 12.4. The van der Waals surface area contributed by atoms with Gasteiger partial charge in [0.05, 0.1) is 12.8 Å². The smallest absolute Gasteiger partial charge is 0.253 e. The maximum Gasteiger partial charge on any atom is 0.253 e. The van der Waals surface area contributed by atoms with Gasteiger partial charge in [0.15, 0.2) is 0 Å². The second-order valence-electron chi connectivity index (χ2n) is 5.53. The minimum Gasteiger partial charge on any atom is -0.366 e. The van der Waals surface area contributed by atoms with Crippen LogP contribution in [0, 0.1) is 6.92 Å². The summed E-state index contributed by atoms with van der Waals surface area (Å²) in [6.07, 6.45) is 3.66. The number of carbonyl (C=O) groups is 1. The quantitative estimate of drug-likeness (QED) is 0.819. The zero-order valence-corrected chi connectivity index (χ0v) is 11.9. The number of rotatable bonds is 3. The summed E-state index contributed by atoms with van der Waals surface area (Å²) >= 11 is 0. The van der Waals surface area contributed by atoms with E-state index in [0.29, 0.717) is 13.2 Å². The van der Waals surface area contributed by atoms with Crippen molar-refractivity contribution in [2.75, 3.05) is 32.8 Å². The Hall–Kier alpha value is -1.40. The van der Waals surface area contributed by atoms with Gasteiger partial charge in [-0.1, -0.05) is 5.16 Å². The third-order valence-electron chi connectivity index (χ3n) is 4.09. The van der Waals surface area contributed by atoms with Crippen molar-refractivity contribution in [1.82, 2.24) is 15.0 Å². The molecule has 0 N–H and O–H groups in total. The molecule has 0 bridgehead atoms. The van der Waals surface area contributed by atoms with Crippen molar-refractivity contribution >= 4 is 5.91 Å². The monoisotopic (exact) mass is 279 g/mol. The number of morpholine rings is 1. The van der Waals surface area contributed by atoms with Gasteiger partial charge in [0.1, 0.15) is 11.9 Å². The van der Waals surface area contributed by atoms with Crippen molar-refractivity contribution in [3.05, 3.63) is 17.5 Å². The predicted octanol–water partition coefficient (Wildman–Crippen LogP) is 0.806. The van der Waals surface area contributed by atoms with Crippen LogP contribution in [0.15, 0.2) is 10.7 Å². The fourth-order valence-corrected chi connectivity index (χ4v) is 2.85. The van der Waals surface area contributed by atoms with Crippen molar-refractivity contribution in [3.8, 4) is 0 Å². The average Bonchev–Trinajstić information content (AvgIpc) is 3.11. The van der Waals surface area contributed by atoms with Crippen molar-refractivity contribution in [3.63, 3.8) is 0 Å². The zero-order valence-electron chi connectivity index (χ0n) is 11.9. The zero-order chi connectivity index (χ0) is 13.9. The van der Waals surface area contributed by atoms with E-state index in [1.165, 1.54) is 0 Å². The molecule has 1 amide bonds. The third kappa shape index (κ3) is 2.86. The highest BCUT2D eigenvalue weighted by atomic mass is 16.5. The van der Waals surface area contributed by atoms with E-state index in [4.69, 9.17) is 9.26 Å². The molecular formula is C14H21N3O3. The van der Waals surface area contributed by atoms with Crippen LogP contribution in [0.3, 0.4) is 0 Å². The van der Waals surface area contributed by atoms with E-state index in [1.54, 1.807) is 6.20 Å². The summed E-state index contributed by atoms with van der Waals surface area (Å²) in [5.41, 5.74) is 1.08. The average molecular weight is 279 g/mol. The van der Waals surface area contributed by atoms with Crippen molar-refractivity contribution in [2.24, 2.45) is 0 Å². The van der Waals surface area contributed by atoms with Gasteiger partial charge in [0.2, 0.25) is 0 Å². The number of aromatic nitrogens is 1. The van der Waals surface area contributed by atoms with E-state index < -0.39 is 0 Å². The van der Waals surface area contributed by atoms with Crippen molar-refractivity contribution in [1.29, 1.82) is 0 Å². The minimum absolute atomic E-state index is 0.147. The van der Waals surface area contributed by atoms with Crippen LogP contribution in [0.4, 0.5) is 0 Å². The lowest BCUT2D eigenvalue weighted by Gasteiger charge is -2.33. The van der Waals surface area contributed by atoms with E-state index in [2.05, 4.69) is 10.1 Å². The topological polar surface area (TPSA) is 58.8 Å². The number of ether oxygens (including phenoxy) is 1. The molecule has 0 radical (unpaired) electrons. The molecule has 2 aliphatic heterocycles. The number of aryl methyl sites for hydroxylation is 1. The van der Waals surface area contributed by atoms with Gasteiger partial charge in [-0.3, -0.25) is 9.69 Å². The van der Waals surface area contributed by atoms with E-state index in [-0.39, 0.29) is 12.0 Å². The molecule has 0 aromatic carbocycles. The number of hydrogen-bond donors (Lipinski definition) is 0. The standard InChI is InChI=1S/C14H21N3O3/c1-11-12(8-15-20-11)9-16-6-7-19-13(10-16)14(18)17-4-2-3-5-17/h8,13H,2-7,9-10H2,1H3. The SMILES string of the molecule is Cc1oncc1CN1CCOC(C(=O)N2CCCC2)C1. The van der Waals surface area contributed by atoms with Gasteiger partial charge in [0.25, 0.3) is 5.91 Å². The van der Waals surface area contributed by atoms with E-state index in [9.17, 15) is 4.79 Å². The Kier molecular flexibility index (Phi) is 4.03. The second-order valence-corrected chi connectivity index (χ2v) is 5.53. The van der Waals surface area contributed by atoms with Gasteiger partial charge < -0.3 is 14.2 Å². The van der Waals surface area contributed by atoms with E-state index in [1.807, 2.05) is 11.8 Å². The number of nitrogens with zero attached hydrogens (tertiary/aromatic N) is 3. The van der Waals surface area contributed by atoms with Gasteiger partial charge in [-0.05, 0) is 19.8 Å². The summed E-state index contributed by atoms with van der Waals surface area (Å²) in [6, 6.07) is 0. The Balaban J connectivity index is 1.58. The van der Waals surface area contributed by atoms with E-state index >= 15 is 0 Å². The Morgan fingerprint density at radius 1 is 1.40 bits per heavy atom. The van der Waals surface area contributed by atoms with Crippen LogP contribution in [0.5, 0.6) is 0 Å². The maximum atomic E-state index is 12.4. The molecule has 6 nitrogen and oxygen atoms in total. The molecular weight excluding hydrogens is 258 g/mol. The van der Waals surface area contributed by atoms with Crippen LogP contribution >= 0.6 is 0 Å². The molecule has 2 fully saturated rings. The van der Waals surface area contributed by atoms with Gasteiger partial charge in [-0.15, -0.1) is 0 Å². The summed E-state index contributed by atoms with van der Waals surface area (Å²) in [6.45, 7) is 6.54. The Morgan fingerprint density at radius 2 is 2.20 bits per heavy atom. The molecule has 6 heteroatoms. The third-order valence-corrected chi connectivity index (χ3v) is 4.09. The highest BCUT2D eigenvalue weighted by Gasteiger charge is 2.31. The number of carbonyl (C=O) groups excluding carboxylic acids is 1. The molecule has 0 aliphatic carbocycles. The molecule has 0 spiro atoms. The fourth-order valence-electron chi connectivity index (χ4n) is 2.85. The molecule has 1 aromatic heterocycles. The Morgan fingerprint density at radius 3 is 2.90 bits per heavy atom. The largest absolute Gasteiger partial charge is 0.366 e. The fraction of sp³-hybridized carbons (Fsp3) is 0.714. The first-order chi connectivity index (χ1) is 9.74. The Labute approximate surface area is 118 Å². The van der Waals surface area contributed by atoms with Crippen LogP contribution in [-0.4, -0.2) is 59.8 Å². The van der Waals surface area contributed by atoms with Crippen LogP contribution in [0.2, 0.25) is 0 Å². The molecule has 1 atom stereocenters. The number of amides is 1. The number of hydrogen-bond acceptors (Lipinski definition) is 5. The second kappa shape index (κ2) is 5.93. The van der Waals surface area contributed by atoms with E-state index in [0.717, 1.165) is 50.3 Å². The van der Waals surface area contributed by atoms with Gasteiger partial charge in [-0.2, -0.15) is 0 Å². The lowest BCUT2D eigenvalue weighted by molar-refractivity contribution is -0.148. The molecule has 3 heterocycles. The first kappa shape index (κ1) is 13.6. The van der Waals surface area contributed by atoms with Gasteiger partial charge in [0, 0.05) is 38.3 Å². The lowest BCUT2D eigenvalue weighted by Crippen LogP contribution is -2.50. The van der Waals surface area contributed by atoms with Crippen LogP contribution in [-0.2, 0) is 16.1 Å². The number of likely N-dealkylation sites (tertiary alicyclic amines) is 1. The molecule has 110 valence electrons. The van der Waals surface area contributed by atoms with Crippen LogP contribution in [0.1, 0.15) is 24.2 Å². The molecule has 2 saturated heterocycles. The molecule has 1 unspecified atom stereocenters. The van der Waals surface area contributed by atoms with Crippen LogP contribution in [0.25, 0.3) is 0 Å². The van der Waals surface area contributed by atoms with Gasteiger partial charge in [-0.25, -0.2) is 0 Å². The summed E-state index contributed by atoms with van der Waals surface area (Å²) < 4.78 is 10.7. The summed E-state index contributed by atoms with van der Waals surface area (Å²) in [4.78, 5) is 16.5. The first-order valence-electron chi connectivity index (χ1n) is 7.27. The first-order valence-corrected chi connectivity index (χ1v) is 7.27. The predicted molar refractivity (Wildman–Crippen MR) is 72.1 cm³/mol. The highest BCUT2D eigenvalue weighted by Crippen LogP contribution is 2.16. The summed E-state index contributed by atoms with van der Waals surface area (Å²) in [7, 11) is 0. The van der Waals surface area contributed by atoms with Crippen molar-refractivity contribution < 1.29 is 14.1 Å². The Bertz CT molecular complexity index is 468. The molecule has 2 aliphatic rings. The minimum atomic E-state index is -0.318. The lowest BCUT2D eigenvalue weighted by atomic mass is 10.2. The highest BCUT2D eigenvalue weighted by molar-refractivity contribution is 5.81. The molecule has 1 aromatic rings. The molecule has 3 rings (SSSR count). The molecule has 20 heavy (non-hydrogen) atoms. The molecule has 0 saturated carbocycles. The van der Waals surface area contributed by atoms with Crippen LogP contribution < -0.4 is 0 Å². The summed E-state index contributed by atoms with van der Waals surface area (Å²) in [5, 5.41) is 3.80. The summed E-state index contributed by atoms with van der Waals surface area (Å²) in [5.74, 6) is 0.994.